The molecule has 0 fully saturated rings. The second-order valence-corrected chi connectivity index (χ2v) is 7.61. The van der Waals surface area contributed by atoms with E-state index in [2.05, 4.69) is 15.5 Å². The third-order valence-corrected chi connectivity index (χ3v) is 5.16. The van der Waals surface area contributed by atoms with Crippen molar-refractivity contribution in [2.75, 3.05) is 5.32 Å². The van der Waals surface area contributed by atoms with Crippen LogP contribution in [0.25, 0.3) is 10.6 Å². The molecule has 0 spiro atoms. The van der Waals surface area contributed by atoms with E-state index in [0.717, 1.165) is 22.4 Å². The quantitative estimate of drug-likeness (QED) is 0.611. The van der Waals surface area contributed by atoms with Crippen LogP contribution in [0.4, 0.5) is 5.13 Å². The van der Waals surface area contributed by atoms with Gasteiger partial charge in [-0.15, -0.1) is 10.2 Å². The number of rotatable bonds is 6. The van der Waals surface area contributed by atoms with Gasteiger partial charge in [0.05, 0.1) is 0 Å². The van der Waals surface area contributed by atoms with Crippen LogP contribution in [0.1, 0.15) is 24.5 Å². The molecule has 3 rings (SSSR count). The van der Waals surface area contributed by atoms with Crippen LogP contribution in [0, 0.1) is 13.8 Å². The molecule has 3 aromatic rings. The molecule has 0 saturated carbocycles. The summed E-state index contributed by atoms with van der Waals surface area (Å²) in [6.45, 7) is 5.87. The van der Waals surface area contributed by atoms with Gasteiger partial charge in [0.15, 0.2) is 6.10 Å². The maximum Gasteiger partial charge on any atom is 0.267 e. The SMILES string of the molecule is CC[C@@H](Oc1cc(C)ccc1C)C(=O)Nc1nnc(-c2ccc(Cl)cc2)s1. The number of aromatic nitrogens is 2. The lowest BCUT2D eigenvalue weighted by atomic mass is 10.1. The second-order valence-electron chi connectivity index (χ2n) is 6.19. The summed E-state index contributed by atoms with van der Waals surface area (Å²) < 4.78 is 5.94. The standard InChI is InChI=1S/C20H20ClN3O2S/c1-4-16(26-17-11-12(2)5-6-13(17)3)18(25)22-20-24-23-19(27-20)14-7-9-15(21)10-8-14/h5-11,16H,4H2,1-3H3,(H,22,24,25)/t16-/m1/s1. The summed E-state index contributed by atoms with van der Waals surface area (Å²) >= 11 is 7.21. The number of amides is 1. The molecule has 27 heavy (non-hydrogen) atoms. The van der Waals surface area contributed by atoms with E-state index in [1.54, 1.807) is 12.1 Å². The number of ether oxygens (including phenoxy) is 1. The normalized spacial score (nSPS) is 11.9. The van der Waals surface area contributed by atoms with Crippen molar-refractivity contribution in [2.45, 2.75) is 33.3 Å². The molecule has 1 aromatic heterocycles. The minimum absolute atomic E-state index is 0.239. The zero-order chi connectivity index (χ0) is 19.4. The summed E-state index contributed by atoms with van der Waals surface area (Å²) in [4.78, 5) is 12.6. The average Bonchev–Trinajstić information content (AvgIpc) is 3.11. The molecule has 0 aliphatic carbocycles. The molecule has 1 N–H and O–H groups in total. The fourth-order valence-electron chi connectivity index (χ4n) is 2.48. The third-order valence-electron chi connectivity index (χ3n) is 4.02. The Morgan fingerprint density at radius 1 is 1.19 bits per heavy atom. The smallest absolute Gasteiger partial charge is 0.267 e. The average molecular weight is 402 g/mol. The van der Waals surface area contributed by atoms with Gasteiger partial charge in [-0.3, -0.25) is 10.1 Å². The number of benzene rings is 2. The number of hydrogen-bond donors (Lipinski definition) is 1. The van der Waals surface area contributed by atoms with Crippen LogP contribution < -0.4 is 10.1 Å². The van der Waals surface area contributed by atoms with Crippen LogP contribution in [0.3, 0.4) is 0 Å². The molecule has 1 heterocycles. The molecule has 0 radical (unpaired) electrons. The summed E-state index contributed by atoms with van der Waals surface area (Å²) in [5.41, 5.74) is 2.98. The van der Waals surface area contributed by atoms with Crippen LogP contribution in [-0.2, 0) is 4.79 Å². The molecule has 140 valence electrons. The first-order chi connectivity index (χ1) is 13.0. The number of carbonyl (C=O) groups is 1. The monoisotopic (exact) mass is 401 g/mol. The first kappa shape index (κ1) is 19.3. The highest BCUT2D eigenvalue weighted by atomic mass is 35.5. The highest BCUT2D eigenvalue weighted by Crippen LogP contribution is 2.28. The van der Waals surface area contributed by atoms with Crippen LogP contribution in [-0.4, -0.2) is 22.2 Å². The largest absolute Gasteiger partial charge is 0.480 e. The fraction of sp³-hybridized carbons (Fsp3) is 0.250. The highest BCUT2D eigenvalue weighted by Gasteiger charge is 2.21. The van der Waals surface area contributed by atoms with Crippen LogP contribution in [0.2, 0.25) is 5.02 Å². The van der Waals surface area contributed by atoms with Crippen molar-refractivity contribution in [1.82, 2.24) is 10.2 Å². The van der Waals surface area contributed by atoms with Crippen LogP contribution >= 0.6 is 22.9 Å². The highest BCUT2D eigenvalue weighted by molar-refractivity contribution is 7.18. The van der Waals surface area contributed by atoms with Gasteiger partial charge in [0.1, 0.15) is 10.8 Å². The molecule has 5 nitrogen and oxygen atoms in total. The van der Waals surface area contributed by atoms with Gasteiger partial charge >= 0.3 is 0 Å². The van der Waals surface area contributed by atoms with E-state index in [1.165, 1.54) is 11.3 Å². The first-order valence-electron chi connectivity index (χ1n) is 8.60. The number of carbonyl (C=O) groups excluding carboxylic acids is 1. The summed E-state index contributed by atoms with van der Waals surface area (Å²) in [6, 6.07) is 13.3. The second kappa shape index (κ2) is 8.50. The van der Waals surface area contributed by atoms with Crippen LogP contribution in [0.15, 0.2) is 42.5 Å². The van der Waals surface area contributed by atoms with E-state index in [0.29, 0.717) is 21.6 Å². The molecule has 0 aliphatic heterocycles. The minimum atomic E-state index is -0.603. The lowest BCUT2D eigenvalue weighted by Crippen LogP contribution is -2.32. The third kappa shape index (κ3) is 4.84. The van der Waals surface area contributed by atoms with Gasteiger partial charge in [0, 0.05) is 10.6 Å². The molecule has 0 saturated heterocycles. The zero-order valence-electron chi connectivity index (χ0n) is 15.3. The van der Waals surface area contributed by atoms with Gasteiger partial charge < -0.3 is 4.74 Å². The number of hydrogen-bond acceptors (Lipinski definition) is 5. The zero-order valence-corrected chi connectivity index (χ0v) is 16.9. The number of aryl methyl sites for hydroxylation is 2. The summed E-state index contributed by atoms with van der Waals surface area (Å²) in [5, 5.41) is 12.8. The molecule has 1 atom stereocenters. The lowest BCUT2D eigenvalue weighted by molar-refractivity contribution is -0.122. The van der Waals surface area contributed by atoms with Gasteiger partial charge in [-0.05, 0) is 49.6 Å². The summed E-state index contributed by atoms with van der Waals surface area (Å²) in [6.07, 6.45) is -0.0596. The van der Waals surface area contributed by atoms with Crippen molar-refractivity contribution in [3.05, 3.63) is 58.6 Å². The Labute approximate surface area is 167 Å². The van der Waals surface area contributed by atoms with Gasteiger partial charge in [-0.25, -0.2) is 0 Å². The predicted molar refractivity (Wildman–Crippen MR) is 110 cm³/mol. The Kier molecular flexibility index (Phi) is 6.08. The van der Waals surface area contributed by atoms with Gasteiger partial charge in [0.25, 0.3) is 5.91 Å². The van der Waals surface area contributed by atoms with Crippen molar-refractivity contribution in [3.63, 3.8) is 0 Å². The van der Waals surface area contributed by atoms with Crippen molar-refractivity contribution in [1.29, 1.82) is 0 Å². The maximum atomic E-state index is 12.6. The van der Waals surface area contributed by atoms with E-state index in [-0.39, 0.29) is 5.91 Å². The van der Waals surface area contributed by atoms with E-state index < -0.39 is 6.10 Å². The predicted octanol–water partition coefficient (Wildman–Crippen LogP) is 5.27. The van der Waals surface area contributed by atoms with Gasteiger partial charge in [-0.2, -0.15) is 0 Å². The van der Waals surface area contributed by atoms with E-state index in [4.69, 9.17) is 16.3 Å². The van der Waals surface area contributed by atoms with Crippen LogP contribution in [0.5, 0.6) is 5.75 Å². The molecule has 0 bridgehead atoms. The summed E-state index contributed by atoms with van der Waals surface area (Å²) in [7, 11) is 0. The Morgan fingerprint density at radius 2 is 1.93 bits per heavy atom. The molecule has 0 aliphatic rings. The van der Waals surface area contributed by atoms with Crippen molar-refractivity contribution in [2.24, 2.45) is 0 Å². The Hall–Kier alpha value is -2.44. The maximum absolute atomic E-state index is 12.6. The Morgan fingerprint density at radius 3 is 2.63 bits per heavy atom. The van der Waals surface area contributed by atoms with Gasteiger partial charge in [0.2, 0.25) is 5.13 Å². The van der Waals surface area contributed by atoms with E-state index >= 15 is 0 Å². The number of halogens is 1. The molecular formula is C20H20ClN3O2S. The lowest BCUT2D eigenvalue weighted by Gasteiger charge is -2.18. The number of nitrogens with one attached hydrogen (secondary N) is 1. The Balaban J connectivity index is 1.70. The Bertz CT molecular complexity index is 941. The molecule has 1 amide bonds. The number of nitrogens with zero attached hydrogens (tertiary/aromatic N) is 2. The first-order valence-corrected chi connectivity index (χ1v) is 9.80. The molecular weight excluding hydrogens is 382 g/mol. The molecule has 2 aromatic carbocycles. The van der Waals surface area contributed by atoms with Crippen molar-refractivity contribution in [3.8, 4) is 16.3 Å². The van der Waals surface area contributed by atoms with E-state index in [1.807, 2.05) is 51.1 Å². The summed E-state index contributed by atoms with van der Waals surface area (Å²) in [5.74, 6) is 0.480. The fourth-order valence-corrected chi connectivity index (χ4v) is 3.36. The topological polar surface area (TPSA) is 64.1 Å². The van der Waals surface area contributed by atoms with E-state index in [9.17, 15) is 4.79 Å². The van der Waals surface area contributed by atoms with Crippen molar-refractivity contribution >= 4 is 34.0 Å². The molecule has 7 heteroatoms. The minimum Gasteiger partial charge on any atom is -0.480 e. The number of anilines is 1. The molecule has 0 unspecified atom stereocenters. The van der Waals surface area contributed by atoms with Crippen molar-refractivity contribution < 1.29 is 9.53 Å². The van der Waals surface area contributed by atoms with Gasteiger partial charge in [-0.1, -0.05) is 54.1 Å².